The molecule has 2 aromatic rings. The van der Waals surface area contributed by atoms with Crippen molar-refractivity contribution in [2.24, 2.45) is 11.8 Å². The normalized spacial score (nSPS) is 27.6. The van der Waals surface area contributed by atoms with Gasteiger partial charge in [-0.05, 0) is 36.1 Å². The Labute approximate surface area is 108 Å². The van der Waals surface area contributed by atoms with Crippen molar-refractivity contribution in [1.82, 2.24) is 4.98 Å². The summed E-state index contributed by atoms with van der Waals surface area (Å²) in [5.74, 6) is 2.59. The predicted molar refractivity (Wildman–Crippen MR) is 76.7 cm³/mol. The molecule has 1 aromatic carbocycles. The topological polar surface area (TPSA) is 24.9 Å². The maximum absolute atomic E-state index is 4.52. The molecule has 0 aliphatic heterocycles. The Balaban J connectivity index is 1.91. The number of anilines is 1. The zero-order valence-electron chi connectivity index (χ0n) is 11.1. The summed E-state index contributed by atoms with van der Waals surface area (Å²) in [5, 5.41) is 6.14. The average Bonchev–Trinajstić information content (AvgIpc) is 2.71. The van der Waals surface area contributed by atoms with Gasteiger partial charge in [0.15, 0.2) is 0 Å². The molecule has 1 N–H and O–H groups in total. The van der Waals surface area contributed by atoms with Crippen LogP contribution in [0.4, 0.5) is 5.82 Å². The molecule has 1 fully saturated rings. The highest BCUT2D eigenvalue weighted by Gasteiger charge is 2.29. The fourth-order valence-corrected chi connectivity index (χ4v) is 2.98. The summed E-state index contributed by atoms with van der Waals surface area (Å²) in [7, 11) is 0. The second-order valence-corrected chi connectivity index (χ2v) is 5.55. The molecule has 18 heavy (non-hydrogen) atoms. The number of benzene rings is 1. The predicted octanol–water partition coefficient (Wildman–Crippen LogP) is 4.08. The Morgan fingerprint density at radius 3 is 2.72 bits per heavy atom. The molecule has 1 heterocycles. The third-order valence-corrected chi connectivity index (χ3v) is 4.46. The van der Waals surface area contributed by atoms with E-state index in [9.17, 15) is 0 Å². The molecule has 94 valence electrons. The van der Waals surface area contributed by atoms with Gasteiger partial charge in [-0.2, -0.15) is 0 Å². The first-order valence-corrected chi connectivity index (χ1v) is 6.86. The van der Waals surface area contributed by atoms with Gasteiger partial charge in [-0.25, -0.2) is 4.98 Å². The lowest BCUT2D eigenvalue weighted by atomic mass is 9.97. The molecule has 1 saturated carbocycles. The Morgan fingerprint density at radius 2 is 1.94 bits per heavy atom. The van der Waals surface area contributed by atoms with Crippen LogP contribution in [-0.4, -0.2) is 11.0 Å². The van der Waals surface area contributed by atoms with E-state index >= 15 is 0 Å². The molecular weight excluding hydrogens is 220 g/mol. The molecule has 2 nitrogen and oxygen atoms in total. The summed E-state index contributed by atoms with van der Waals surface area (Å²) >= 11 is 0. The third-order valence-electron chi connectivity index (χ3n) is 4.46. The van der Waals surface area contributed by atoms with Crippen molar-refractivity contribution < 1.29 is 0 Å². The Morgan fingerprint density at radius 1 is 1.11 bits per heavy atom. The van der Waals surface area contributed by atoms with Crippen LogP contribution in [0.5, 0.6) is 0 Å². The average molecular weight is 240 g/mol. The van der Waals surface area contributed by atoms with E-state index in [0.29, 0.717) is 6.04 Å². The molecule has 0 saturated heterocycles. The van der Waals surface area contributed by atoms with Crippen LogP contribution < -0.4 is 5.32 Å². The highest BCUT2D eigenvalue weighted by atomic mass is 15.0. The first-order valence-electron chi connectivity index (χ1n) is 6.86. The quantitative estimate of drug-likeness (QED) is 0.855. The van der Waals surface area contributed by atoms with E-state index in [0.717, 1.165) is 17.7 Å². The van der Waals surface area contributed by atoms with Crippen LogP contribution in [-0.2, 0) is 0 Å². The first-order chi connectivity index (χ1) is 8.75. The summed E-state index contributed by atoms with van der Waals surface area (Å²) in [6.45, 7) is 4.70. The van der Waals surface area contributed by atoms with Gasteiger partial charge in [0.2, 0.25) is 0 Å². The number of hydrogen-bond donors (Lipinski definition) is 1. The number of fused-ring (bicyclic) bond motifs is 1. The maximum Gasteiger partial charge on any atom is 0.134 e. The summed E-state index contributed by atoms with van der Waals surface area (Å²) < 4.78 is 0. The standard InChI is InChI=1S/C16H20N2/c1-11-7-8-15(12(11)2)18-16-14-6-4-3-5-13(14)9-10-17-16/h3-6,9-12,15H,7-8H2,1-2H3,(H,17,18). The van der Waals surface area contributed by atoms with Crippen molar-refractivity contribution in [3.8, 4) is 0 Å². The van der Waals surface area contributed by atoms with Gasteiger partial charge in [-0.15, -0.1) is 0 Å². The largest absolute Gasteiger partial charge is 0.367 e. The van der Waals surface area contributed by atoms with Crippen molar-refractivity contribution in [3.63, 3.8) is 0 Å². The van der Waals surface area contributed by atoms with Crippen LogP contribution in [0.25, 0.3) is 10.8 Å². The van der Waals surface area contributed by atoms with E-state index in [4.69, 9.17) is 0 Å². The van der Waals surface area contributed by atoms with E-state index in [2.05, 4.69) is 54.5 Å². The third kappa shape index (κ3) is 1.96. The number of nitrogens with zero attached hydrogens (tertiary/aromatic N) is 1. The van der Waals surface area contributed by atoms with E-state index in [1.807, 2.05) is 6.20 Å². The van der Waals surface area contributed by atoms with E-state index < -0.39 is 0 Å². The minimum atomic E-state index is 0.568. The molecule has 0 bridgehead atoms. The van der Waals surface area contributed by atoms with Gasteiger partial charge in [0.05, 0.1) is 0 Å². The molecule has 3 unspecified atom stereocenters. The van der Waals surface area contributed by atoms with Crippen LogP contribution in [0.3, 0.4) is 0 Å². The summed E-state index contributed by atoms with van der Waals surface area (Å²) in [6, 6.07) is 11.1. The van der Waals surface area contributed by atoms with Crippen molar-refractivity contribution >= 4 is 16.6 Å². The molecule has 1 aliphatic carbocycles. The minimum absolute atomic E-state index is 0.568. The van der Waals surface area contributed by atoms with Crippen molar-refractivity contribution in [1.29, 1.82) is 0 Å². The van der Waals surface area contributed by atoms with Gasteiger partial charge in [-0.1, -0.05) is 38.1 Å². The van der Waals surface area contributed by atoms with E-state index in [-0.39, 0.29) is 0 Å². The van der Waals surface area contributed by atoms with Crippen LogP contribution in [0.2, 0.25) is 0 Å². The zero-order chi connectivity index (χ0) is 12.5. The van der Waals surface area contributed by atoms with Gasteiger partial charge in [0, 0.05) is 17.6 Å². The van der Waals surface area contributed by atoms with Crippen molar-refractivity contribution in [2.75, 3.05) is 5.32 Å². The van der Waals surface area contributed by atoms with Gasteiger partial charge in [0.25, 0.3) is 0 Å². The molecule has 0 amide bonds. The molecule has 3 rings (SSSR count). The molecular formula is C16H20N2. The monoisotopic (exact) mass is 240 g/mol. The molecule has 1 aliphatic rings. The fourth-order valence-electron chi connectivity index (χ4n) is 2.98. The first kappa shape index (κ1) is 11.5. The molecule has 2 heteroatoms. The molecule has 0 radical (unpaired) electrons. The highest BCUT2D eigenvalue weighted by Crippen LogP contribution is 2.34. The van der Waals surface area contributed by atoms with Crippen LogP contribution in [0.1, 0.15) is 26.7 Å². The second-order valence-electron chi connectivity index (χ2n) is 5.55. The maximum atomic E-state index is 4.52. The molecule has 0 spiro atoms. The number of hydrogen-bond acceptors (Lipinski definition) is 2. The minimum Gasteiger partial charge on any atom is -0.367 e. The van der Waals surface area contributed by atoms with Crippen molar-refractivity contribution in [3.05, 3.63) is 36.5 Å². The smallest absolute Gasteiger partial charge is 0.134 e. The lowest BCUT2D eigenvalue weighted by Gasteiger charge is -2.21. The molecule has 3 atom stereocenters. The van der Waals surface area contributed by atoms with E-state index in [1.165, 1.54) is 23.6 Å². The number of rotatable bonds is 2. The summed E-state index contributed by atoms with van der Waals surface area (Å²) in [5.41, 5.74) is 0. The Bertz CT molecular complexity index is 544. The highest BCUT2D eigenvalue weighted by molar-refractivity contribution is 5.91. The Hall–Kier alpha value is -1.57. The second kappa shape index (κ2) is 4.60. The van der Waals surface area contributed by atoms with Gasteiger partial charge in [-0.3, -0.25) is 0 Å². The molecule has 1 aromatic heterocycles. The van der Waals surface area contributed by atoms with Gasteiger partial charge in [0.1, 0.15) is 5.82 Å². The van der Waals surface area contributed by atoms with E-state index in [1.54, 1.807) is 0 Å². The summed E-state index contributed by atoms with van der Waals surface area (Å²) in [6.07, 6.45) is 4.48. The van der Waals surface area contributed by atoms with Crippen LogP contribution in [0, 0.1) is 11.8 Å². The number of aromatic nitrogens is 1. The lowest BCUT2D eigenvalue weighted by Crippen LogP contribution is -2.24. The summed E-state index contributed by atoms with van der Waals surface area (Å²) in [4.78, 5) is 4.52. The van der Waals surface area contributed by atoms with Crippen LogP contribution in [0.15, 0.2) is 36.5 Å². The van der Waals surface area contributed by atoms with Crippen LogP contribution >= 0.6 is 0 Å². The van der Waals surface area contributed by atoms with Gasteiger partial charge < -0.3 is 5.32 Å². The zero-order valence-corrected chi connectivity index (χ0v) is 11.1. The van der Waals surface area contributed by atoms with Gasteiger partial charge >= 0.3 is 0 Å². The fraction of sp³-hybridized carbons (Fsp3) is 0.438. The van der Waals surface area contributed by atoms with Crippen molar-refractivity contribution in [2.45, 2.75) is 32.7 Å². The lowest BCUT2D eigenvalue weighted by molar-refractivity contribution is 0.435. The SMILES string of the molecule is CC1CCC(Nc2nccc3ccccc23)C1C. The number of pyridine rings is 1. The number of nitrogens with one attached hydrogen (secondary N) is 1. The Kier molecular flexibility index (Phi) is 2.94.